The van der Waals surface area contributed by atoms with E-state index < -0.39 is 5.63 Å². The fourth-order valence-electron chi connectivity index (χ4n) is 2.51. The standard InChI is InChI=1S/C20H24O4/c1-14(2)6-4-8-16(13-21)10-11-23-18-12-19(22)24-17-9-5-7-15(3)20(17)18/h5-7,9-10,12,21H,4,8,11,13H2,1-3H3/b16-10-. The van der Waals surface area contributed by atoms with Gasteiger partial charge in [-0.15, -0.1) is 0 Å². The van der Waals surface area contributed by atoms with Gasteiger partial charge in [-0.25, -0.2) is 4.79 Å². The molecule has 1 aromatic heterocycles. The van der Waals surface area contributed by atoms with E-state index >= 15 is 0 Å². The molecule has 0 saturated carbocycles. The lowest BCUT2D eigenvalue weighted by atomic mass is 10.1. The lowest BCUT2D eigenvalue weighted by Gasteiger charge is -2.09. The maximum absolute atomic E-state index is 11.7. The Hall–Kier alpha value is -2.33. The number of ether oxygens (including phenoxy) is 1. The van der Waals surface area contributed by atoms with Crippen LogP contribution in [-0.2, 0) is 0 Å². The summed E-state index contributed by atoms with van der Waals surface area (Å²) in [5, 5.41) is 10.2. The van der Waals surface area contributed by atoms with Crippen LogP contribution >= 0.6 is 0 Å². The summed E-state index contributed by atoms with van der Waals surface area (Å²) >= 11 is 0. The third-order valence-electron chi connectivity index (χ3n) is 3.77. The predicted molar refractivity (Wildman–Crippen MR) is 96.5 cm³/mol. The maximum Gasteiger partial charge on any atom is 0.339 e. The Morgan fingerprint density at radius 2 is 2.08 bits per heavy atom. The Balaban J connectivity index is 2.14. The highest BCUT2D eigenvalue weighted by molar-refractivity contribution is 5.86. The molecular weight excluding hydrogens is 304 g/mol. The molecule has 0 unspecified atom stereocenters. The fraction of sp³-hybridized carbons (Fsp3) is 0.350. The van der Waals surface area contributed by atoms with Gasteiger partial charge in [-0.05, 0) is 56.9 Å². The molecule has 1 aromatic carbocycles. The zero-order valence-electron chi connectivity index (χ0n) is 14.5. The molecule has 0 atom stereocenters. The Bertz CT molecular complexity index is 808. The molecule has 1 heterocycles. The molecule has 2 rings (SSSR count). The second-order valence-electron chi connectivity index (χ2n) is 6.03. The minimum Gasteiger partial charge on any atom is -0.488 e. The van der Waals surface area contributed by atoms with Crippen molar-refractivity contribution in [2.75, 3.05) is 13.2 Å². The van der Waals surface area contributed by atoms with E-state index in [1.54, 1.807) is 6.07 Å². The summed E-state index contributed by atoms with van der Waals surface area (Å²) < 4.78 is 11.0. The quantitative estimate of drug-likeness (QED) is 0.613. The Morgan fingerprint density at radius 3 is 2.79 bits per heavy atom. The normalized spacial score (nSPS) is 11.6. The van der Waals surface area contributed by atoms with E-state index in [4.69, 9.17) is 9.15 Å². The molecule has 0 spiro atoms. The van der Waals surface area contributed by atoms with Gasteiger partial charge in [-0.2, -0.15) is 0 Å². The molecule has 0 fully saturated rings. The van der Waals surface area contributed by atoms with E-state index in [1.165, 1.54) is 11.6 Å². The zero-order valence-corrected chi connectivity index (χ0v) is 14.5. The third kappa shape index (κ3) is 4.83. The summed E-state index contributed by atoms with van der Waals surface area (Å²) in [5.41, 5.74) is 3.27. The van der Waals surface area contributed by atoms with Crippen molar-refractivity contribution >= 4 is 11.0 Å². The van der Waals surface area contributed by atoms with Gasteiger partial charge in [0.1, 0.15) is 17.9 Å². The first-order valence-corrected chi connectivity index (χ1v) is 8.09. The van der Waals surface area contributed by atoms with E-state index in [-0.39, 0.29) is 6.61 Å². The minimum absolute atomic E-state index is 0.0106. The second-order valence-corrected chi connectivity index (χ2v) is 6.03. The molecule has 1 N–H and O–H groups in total. The van der Waals surface area contributed by atoms with Crippen molar-refractivity contribution in [2.24, 2.45) is 0 Å². The average Bonchev–Trinajstić information content (AvgIpc) is 2.52. The lowest BCUT2D eigenvalue weighted by Crippen LogP contribution is -2.04. The highest BCUT2D eigenvalue weighted by atomic mass is 16.5. The molecule has 0 saturated heterocycles. The highest BCUT2D eigenvalue weighted by Gasteiger charge is 2.08. The molecule has 24 heavy (non-hydrogen) atoms. The van der Waals surface area contributed by atoms with Crippen molar-refractivity contribution in [2.45, 2.75) is 33.6 Å². The van der Waals surface area contributed by atoms with Crippen LogP contribution in [0.15, 0.2) is 56.8 Å². The van der Waals surface area contributed by atoms with Crippen molar-refractivity contribution in [3.63, 3.8) is 0 Å². The Labute approximate surface area is 142 Å². The molecule has 2 aromatic rings. The second kappa shape index (κ2) is 8.50. The van der Waals surface area contributed by atoms with Gasteiger partial charge in [0.05, 0.1) is 18.1 Å². The van der Waals surface area contributed by atoms with Crippen LogP contribution in [0.1, 0.15) is 32.3 Å². The summed E-state index contributed by atoms with van der Waals surface area (Å²) in [6.07, 6.45) is 5.70. The summed E-state index contributed by atoms with van der Waals surface area (Å²) in [4.78, 5) is 11.7. The van der Waals surface area contributed by atoms with E-state index in [2.05, 4.69) is 19.9 Å². The van der Waals surface area contributed by atoms with Crippen LogP contribution in [0.2, 0.25) is 0 Å². The molecule has 0 aliphatic carbocycles. The van der Waals surface area contributed by atoms with E-state index in [1.807, 2.05) is 25.1 Å². The number of benzene rings is 1. The van der Waals surface area contributed by atoms with Crippen molar-refractivity contribution in [3.05, 3.63) is 63.5 Å². The topological polar surface area (TPSA) is 59.7 Å². The average molecular weight is 328 g/mol. The van der Waals surface area contributed by atoms with Crippen LogP contribution in [0.25, 0.3) is 11.0 Å². The number of hydrogen-bond donors (Lipinski definition) is 1. The van der Waals surface area contributed by atoms with E-state index in [9.17, 15) is 9.90 Å². The van der Waals surface area contributed by atoms with Crippen LogP contribution in [0.5, 0.6) is 5.75 Å². The number of fused-ring (bicyclic) bond motifs is 1. The number of aliphatic hydroxyl groups is 1. The van der Waals surface area contributed by atoms with Crippen LogP contribution in [-0.4, -0.2) is 18.3 Å². The zero-order chi connectivity index (χ0) is 17.5. The molecule has 0 aliphatic rings. The van der Waals surface area contributed by atoms with E-state index in [0.717, 1.165) is 29.4 Å². The monoisotopic (exact) mass is 328 g/mol. The molecule has 0 bridgehead atoms. The molecule has 0 radical (unpaired) electrons. The minimum atomic E-state index is -0.432. The number of allylic oxidation sites excluding steroid dienone is 2. The summed E-state index contributed by atoms with van der Waals surface area (Å²) in [6, 6.07) is 6.91. The largest absolute Gasteiger partial charge is 0.488 e. The van der Waals surface area contributed by atoms with Crippen LogP contribution < -0.4 is 10.4 Å². The van der Waals surface area contributed by atoms with Gasteiger partial charge >= 0.3 is 5.63 Å². The third-order valence-corrected chi connectivity index (χ3v) is 3.77. The van der Waals surface area contributed by atoms with Gasteiger partial charge in [-0.3, -0.25) is 0 Å². The first-order chi connectivity index (χ1) is 11.5. The predicted octanol–water partition coefficient (Wildman–Crippen LogP) is 4.15. The van der Waals surface area contributed by atoms with Gasteiger partial charge in [-0.1, -0.05) is 23.8 Å². The van der Waals surface area contributed by atoms with Crippen molar-refractivity contribution in [3.8, 4) is 5.75 Å². The fourth-order valence-corrected chi connectivity index (χ4v) is 2.51. The molecule has 0 aliphatic heterocycles. The van der Waals surface area contributed by atoms with Crippen molar-refractivity contribution < 1.29 is 14.3 Å². The van der Waals surface area contributed by atoms with Crippen molar-refractivity contribution in [1.82, 2.24) is 0 Å². The molecular formula is C20H24O4. The molecule has 0 amide bonds. The number of hydrogen-bond acceptors (Lipinski definition) is 4. The molecule has 128 valence electrons. The van der Waals surface area contributed by atoms with E-state index in [0.29, 0.717) is 17.9 Å². The number of rotatable bonds is 7. The number of aliphatic hydroxyl groups excluding tert-OH is 1. The molecule has 4 nitrogen and oxygen atoms in total. The van der Waals surface area contributed by atoms with Gasteiger partial charge in [0.25, 0.3) is 0 Å². The smallest absolute Gasteiger partial charge is 0.339 e. The van der Waals surface area contributed by atoms with Gasteiger partial charge in [0.15, 0.2) is 0 Å². The summed E-state index contributed by atoms with van der Waals surface area (Å²) in [6.45, 7) is 6.37. The summed E-state index contributed by atoms with van der Waals surface area (Å²) in [7, 11) is 0. The Kier molecular flexibility index (Phi) is 6.38. The lowest BCUT2D eigenvalue weighted by molar-refractivity contribution is 0.320. The van der Waals surface area contributed by atoms with Crippen LogP contribution in [0.4, 0.5) is 0 Å². The van der Waals surface area contributed by atoms with Crippen LogP contribution in [0, 0.1) is 6.92 Å². The number of aryl methyl sites for hydroxylation is 1. The van der Waals surface area contributed by atoms with Gasteiger partial charge < -0.3 is 14.3 Å². The SMILES string of the molecule is CC(C)=CCC/C(=C/COc1cc(=O)oc2cccc(C)c12)CO. The highest BCUT2D eigenvalue weighted by Crippen LogP contribution is 2.27. The van der Waals surface area contributed by atoms with Gasteiger partial charge in [0, 0.05) is 0 Å². The summed E-state index contributed by atoms with van der Waals surface area (Å²) in [5.74, 6) is 0.511. The van der Waals surface area contributed by atoms with Crippen molar-refractivity contribution in [1.29, 1.82) is 0 Å². The van der Waals surface area contributed by atoms with Crippen LogP contribution in [0.3, 0.4) is 0 Å². The molecule has 4 heteroatoms. The first kappa shape index (κ1) is 18.0. The first-order valence-electron chi connectivity index (χ1n) is 8.09. The Morgan fingerprint density at radius 1 is 1.29 bits per heavy atom. The van der Waals surface area contributed by atoms with Gasteiger partial charge in [0.2, 0.25) is 0 Å². The maximum atomic E-state index is 11.7.